The molecule has 1 rings (SSSR count). The van der Waals surface area contributed by atoms with E-state index in [9.17, 15) is 9.59 Å². The normalized spacial score (nSPS) is 11.8. The molecule has 1 radical (unpaired) electrons. The summed E-state index contributed by atoms with van der Waals surface area (Å²) in [6.07, 6.45) is 1.68. The van der Waals surface area contributed by atoms with Crippen LogP contribution in [0.5, 0.6) is 0 Å². The molecule has 13 heavy (non-hydrogen) atoms. The number of nitrogens with one attached hydrogen (secondary N) is 1. The minimum Gasteiger partial charge on any atom is -0.342 e. The maximum atomic E-state index is 11.3. The van der Waals surface area contributed by atoms with Gasteiger partial charge in [0.25, 0.3) is 5.91 Å². The second kappa shape index (κ2) is 4.40. The van der Waals surface area contributed by atoms with Gasteiger partial charge < -0.3 is 5.32 Å². The lowest BCUT2D eigenvalue weighted by atomic mass is 10.2. The third-order valence-electron chi connectivity index (χ3n) is 1.56. The molecular formula is C10H10NO2. The number of carbonyl (C=O) groups is 1. The van der Waals surface area contributed by atoms with Crippen LogP contribution in [0.25, 0.3) is 0 Å². The molecule has 0 saturated carbocycles. The number of carbonyl (C=O) groups excluding carboxylic acids is 2. The average Bonchev–Trinajstić information content (AvgIpc) is 2.19. The number of hydrogen-bond acceptors (Lipinski definition) is 2. The standard InChI is InChI=1S/C10H10NO2/c1-8(7-12)11-10(13)9-5-3-2-4-6-9/h2-6,8H,1H3,(H,11,13)/t8-/m0/s1. The van der Waals surface area contributed by atoms with Gasteiger partial charge in [0, 0.05) is 5.56 Å². The van der Waals surface area contributed by atoms with E-state index in [1.807, 2.05) is 6.07 Å². The van der Waals surface area contributed by atoms with E-state index in [1.165, 1.54) is 0 Å². The van der Waals surface area contributed by atoms with E-state index in [-0.39, 0.29) is 5.91 Å². The Morgan fingerprint density at radius 1 is 1.38 bits per heavy atom. The zero-order chi connectivity index (χ0) is 9.68. The average molecular weight is 176 g/mol. The molecule has 0 aromatic heterocycles. The Morgan fingerprint density at radius 2 is 2.00 bits per heavy atom. The van der Waals surface area contributed by atoms with Crippen LogP contribution < -0.4 is 5.32 Å². The fraction of sp³-hybridized carbons (Fsp3) is 0.200. The van der Waals surface area contributed by atoms with Crippen LogP contribution in [-0.2, 0) is 4.79 Å². The second-order valence-electron chi connectivity index (χ2n) is 2.68. The van der Waals surface area contributed by atoms with E-state index in [0.29, 0.717) is 5.56 Å². The minimum atomic E-state index is -0.562. The van der Waals surface area contributed by atoms with Crippen molar-refractivity contribution in [3.8, 4) is 0 Å². The van der Waals surface area contributed by atoms with Crippen molar-refractivity contribution < 1.29 is 9.59 Å². The van der Waals surface area contributed by atoms with Gasteiger partial charge in [-0.2, -0.15) is 0 Å². The van der Waals surface area contributed by atoms with E-state index >= 15 is 0 Å². The summed E-state index contributed by atoms with van der Waals surface area (Å²) in [4.78, 5) is 21.5. The lowest BCUT2D eigenvalue weighted by molar-refractivity contribution is 0.0948. The first-order valence-corrected chi connectivity index (χ1v) is 3.97. The molecule has 1 aromatic rings. The number of benzene rings is 1. The molecule has 0 aliphatic carbocycles. The van der Waals surface area contributed by atoms with Crippen LogP contribution in [0, 0.1) is 0 Å². The molecule has 0 saturated heterocycles. The van der Waals surface area contributed by atoms with E-state index in [4.69, 9.17) is 0 Å². The Bertz CT molecular complexity index is 295. The van der Waals surface area contributed by atoms with Gasteiger partial charge in [0.15, 0.2) is 0 Å². The Kier molecular flexibility index (Phi) is 3.20. The molecule has 0 spiro atoms. The monoisotopic (exact) mass is 176 g/mol. The Morgan fingerprint density at radius 3 is 2.54 bits per heavy atom. The molecule has 1 amide bonds. The summed E-state index contributed by atoms with van der Waals surface area (Å²) >= 11 is 0. The summed E-state index contributed by atoms with van der Waals surface area (Å²) in [5.41, 5.74) is 0.546. The molecule has 3 nitrogen and oxygen atoms in total. The van der Waals surface area contributed by atoms with Crippen molar-refractivity contribution in [1.29, 1.82) is 0 Å². The van der Waals surface area contributed by atoms with Crippen molar-refractivity contribution in [2.45, 2.75) is 13.0 Å². The van der Waals surface area contributed by atoms with Crippen LogP contribution in [-0.4, -0.2) is 18.2 Å². The molecule has 1 aromatic carbocycles. The molecule has 0 unspecified atom stereocenters. The quantitative estimate of drug-likeness (QED) is 0.744. The van der Waals surface area contributed by atoms with Gasteiger partial charge in [-0.25, -0.2) is 0 Å². The van der Waals surface area contributed by atoms with Crippen molar-refractivity contribution in [2.75, 3.05) is 0 Å². The molecule has 1 atom stereocenters. The van der Waals surface area contributed by atoms with E-state index in [0.717, 1.165) is 0 Å². The number of amides is 1. The van der Waals surface area contributed by atoms with Gasteiger partial charge in [0.2, 0.25) is 6.29 Å². The summed E-state index contributed by atoms with van der Waals surface area (Å²) in [5.74, 6) is -0.253. The second-order valence-corrected chi connectivity index (χ2v) is 2.68. The molecular weight excluding hydrogens is 166 g/mol. The minimum absolute atomic E-state index is 0.253. The Balaban J connectivity index is 2.64. The van der Waals surface area contributed by atoms with Gasteiger partial charge in [-0.3, -0.25) is 9.59 Å². The van der Waals surface area contributed by atoms with Crippen LogP contribution in [0.15, 0.2) is 30.3 Å². The summed E-state index contributed by atoms with van der Waals surface area (Å²) in [7, 11) is 0. The third kappa shape index (κ3) is 2.71. The molecule has 67 valence electrons. The van der Waals surface area contributed by atoms with Gasteiger partial charge in [-0.15, -0.1) is 0 Å². The van der Waals surface area contributed by atoms with E-state index in [1.54, 1.807) is 37.5 Å². The van der Waals surface area contributed by atoms with Crippen LogP contribution in [0.3, 0.4) is 0 Å². The van der Waals surface area contributed by atoms with Gasteiger partial charge in [0.1, 0.15) is 0 Å². The predicted octanol–water partition coefficient (Wildman–Crippen LogP) is 0.915. The molecule has 0 fully saturated rings. The van der Waals surface area contributed by atoms with Crippen molar-refractivity contribution >= 4 is 12.2 Å². The van der Waals surface area contributed by atoms with Gasteiger partial charge in [-0.1, -0.05) is 18.2 Å². The summed E-state index contributed by atoms with van der Waals surface area (Å²) < 4.78 is 0. The van der Waals surface area contributed by atoms with Crippen molar-refractivity contribution in [1.82, 2.24) is 5.32 Å². The highest BCUT2D eigenvalue weighted by molar-refractivity contribution is 5.95. The third-order valence-corrected chi connectivity index (χ3v) is 1.56. The fourth-order valence-electron chi connectivity index (χ4n) is 0.899. The first-order chi connectivity index (χ1) is 6.24. The molecule has 1 N–H and O–H groups in total. The summed E-state index contributed by atoms with van der Waals surface area (Å²) in [6, 6.07) is 8.17. The first-order valence-electron chi connectivity index (χ1n) is 3.97. The van der Waals surface area contributed by atoms with Crippen molar-refractivity contribution in [3.05, 3.63) is 35.9 Å². The van der Waals surface area contributed by atoms with Crippen LogP contribution in [0.2, 0.25) is 0 Å². The molecule has 3 heteroatoms. The molecule has 0 heterocycles. The smallest absolute Gasteiger partial charge is 0.251 e. The number of rotatable bonds is 3. The highest BCUT2D eigenvalue weighted by Gasteiger charge is 2.07. The topological polar surface area (TPSA) is 46.2 Å². The number of hydrogen-bond donors (Lipinski definition) is 1. The molecule has 0 aliphatic rings. The largest absolute Gasteiger partial charge is 0.342 e. The summed E-state index contributed by atoms with van der Waals surface area (Å²) in [6.45, 7) is 1.58. The fourth-order valence-corrected chi connectivity index (χ4v) is 0.899. The lowest BCUT2D eigenvalue weighted by Crippen LogP contribution is -2.33. The highest BCUT2D eigenvalue weighted by atomic mass is 16.2. The summed E-state index contributed by atoms with van der Waals surface area (Å²) in [5, 5.41) is 2.48. The first kappa shape index (κ1) is 9.45. The highest BCUT2D eigenvalue weighted by Crippen LogP contribution is 1.97. The maximum Gasteiger partial charge on any atom is 0.251 e. The van der Waals surface area contributed by atoms with E-state index < -0.39 is 6.04 Å². The van der Waals surface area contributed by atoms with Crippen molar-refractivity contribution in [2.24, 2.45) is 0 Å². The van der Waals surface area contributed by atoms with Gasteiger partial charge >= 0.3 is 0 Å². The maximum absolute atomic E-state index is 11.3. The molecule has 0 aliphatic heterocycles. The zero-order valence-corrected chi connectivity index (χ0v) is 7.28. The van der Waals surface area contributed by atoms with Crippen LogP contribution >= 0.6 is 0 Å². The lowest BCUT2D eigenvalue weighted by Gasteiger charge is -2.05. The Labute approximate surface area is 76.8 Å². The van der Waals surface area contributed by atoms with Gasteiger partial charge in [0.05, 0.1) is 6.04 Å². The zero-order valence-electron chi connectivity index (χ0n) is 7.28. The van der Waals surface area contributed by atoms with Gasteiger partial charge in [-0.05, 0) is 19.1 Å². The Hall–Kier alpha value is -1.64. The predicted molar refractivity (Wildman–Crippen MR) is 49.1 cm³/mol. The van der Waals surface area contributed by atoms with Crippen LogP contribution in [0.1, 0.15) is 17.3 Å². The SMILES string of the molecule is C[C@@H]([C]=O)NC(=O)c1ccccc1. The molecule has 0 bridgehead atoms. The van der Waals surface area contributed by atoms with Crippen LogP contribution in [0.4, 0.5) is 0 Å². The van der Waals surface area contributed by atoms with Crippen molar-refractivity contribution in [3.63, 3.8) is 0 Å². The van der Waals surface area contributed by atoms with E-state index in [2.05, 4.69) is 5.32 Å².